The minimum absolute atomic E-state index is 0.0646. The van der Waals surface area contributed by atoms with Crippen molar-refractivity contribution in [1.29, 1.82) is 0 Å². The van der Waals surface area contributed by atoms with E-state index in [0.29, 0.717) is 35.6 Å². The maximum absolute atomic E-state index is 13.0. The average Bonchev–Trinajstić information content (AvgIpc) is 3.41. The Balaban J connectivity index is 1.61. The zero-order valence-electron chi connectivity index (χ0n) is 14.0. The Bertz CT molecular complexity index is 748. The Morgan fingerprint density at radius 3 is 2.60 bits per heavy atom. The highest BCUT2D eigenvalue weighted by molar-refractivity contribution is 6.32. The van der Waals surface area contributed by atoms with E-state index in [-0.39, 0.29) is 11.7 Å². The lowest BCUT2D eigenvalue weighted by atomic mass is 10.2. The second-order valence-electron chi connectivity index (χ2n) is 6.31. The monoisotopic (exact) mass is 363 g/mol. The Morgan fingerprint density at radius 2 is 2.00 bits per heavy atom. The van der Waals surface area contributed by atoms with Crippen LogP contribution in [0, 0.1) is 5.82 Å². The average molecular weight is 364 g/mol. The molecule has 1 unspecified atom stereocenters. The number of anilines is 1. The van der Waals surface area contributed by atoms with Crippen LogP contribution in [0.2, 0.25) is 5.02 Å². The van der Waals surface area contributed by atoms with E-state index in [2.05, 4.69) is 5.32 Å². The third-order valence-corrected chi connectivity index (χ3v) is 4.62. The summed E-state index contributed by atoms with van der Waals surface area (Å²) in [5.74, 6) is 0.261. The molecule has 132 valence electrons. The summed E-state index contributed by atoms with van der Waals surface area (Å²) in [5, 5.41) is 3.34. The van der Waals surface area contributed by atoms with Gasteiger partial charge in [-0.05, 0) is 30.3 Å². The second kappa shape index (κ2) is 7.85. The number of hydrogen-bond acceptors (Lipinski definition) is 2. The summed E-state index contributed by atoms with van der Waals surface area (Å²) in [6.45, 7) is 1.08. The topological polar surface area (TPSA) is 42.8 Å². The number of halogens is 2. The van der Waals surface area contributed by atoms with Crippen molar-refractivity contribution in [2.75, 3.05) is 19.0 Å². The van der Waals surface area contributed by atoms with Gasteiger partial charge in [-0.25, -0.2) is 4.39 Å². The van der Waals surface area contributed by atoms with E-state index < -0.39 is 0 Å². The van der Waals surface area contributed by atoms with Crippen LogP contribution in [0.1, 0.15) is 18.4 Å². The molecule has 2 aromatic rings. The van der Waals surface area contributed by atoms with Crippen LogP contribution in [0.5, 0.6) is 5.75 Å². The normalized spacial score (nSPS) is 14.8. The van der Waals surface area contributed by atoms with Crippen molar-refractivity contribution in [3.8, 4) is 5.75 Å². The van der Waals surface area contributed by atoms with Crippen molar-refractivity contribution in [3.63, 3.8) is 0 Å². The van der Waals surface area contributed by atoms with E-state index in [1.165, 1.54) is 17.0 Å². The number of rotatable bonds is 7. The lowest BCUT2D eigenvalue weighted by Crippen LogP contribution is -3.13. The second-order valence-corrected chi connectivity index (χ2v) is 6.72. The molecular weight excluding hydrogens is 343 g/mol. The van der Waals surface area contributed by atoms with Crippen molar-refractivity contribution in [2.24, 2.45) is 0 Å². The first kappa shape index (κ1) is 17.7. The van der Waals surface area contributed by atoms with E-state index in [1.54, 1.807) is 37.4 Å². The van der Waals surface area contributed by atoms with Crippen LogP contribution in [0.4, 0.5) is 10.1 Å². The molecule has 1 fully saturated rings. The molecule has 0 aliphatic heterocycles. The van der Waals surface area contributed by atoms with Gasteiger partial charge in [0.2, 0.25) is 0 Å². The van der Waals surface area contributed by atoms with Gasteiger partial charge >= 0.3 is 0 Å². The zero-order valence-corrected chi connectivity index (χ0v) is 14.8. The third-order valence-electron chi connectivity index (χ3n) is 4.32. The summed E-state index contributed by atoms with van der Waals surface area (Å²) in [5.41, 5.74) is 1.68. The first-order valence-corrected chi connectivity index (χ1v) is 8.65. The fraction of sp³-hybridized carbons (Fsp3) is 0.316. The summed E-state index contributed by atoms with van der Waals surface area (Å²) >= 11 is 6.09. The number of carbonyl (C=O) groups excluding carboxylic acids is 1. The zero-order chi connectivity index (χ0) is 17.8. The summed E-state index contributed by atoms with van der Waals surface area (Å²) in [7, 11) is 1.55. The highest BCUT2D eigenvalue weighted by Gasteiger charge is 2.34. The highest BCUT2D eigenvalue weighted by atomic mass is 35.5. The summed E-state index contributed by atoms with van der Waals surface area (Å²) in [6, 6.07) is 12.1. The van der Waals surface area contributed by atoms with Crippen LogP contribution in [0.25, 0.3) is 0 Å². The van der Waals surface area contributed by atoms with Crippen LogP contribution >= 0.6 is 11.6 Å². The van der Waals surface area contributed by atoms with Gasteiger partial charge in [-0.3, -0.25) is 4.79 Å². The quantitative estimate of drug-likeness (QED) is 0.794. The summed E-state index contributed by atoms with van der Waals surface area (Å²) in [6.07, 6.45) is 2.25. The first-order valence-electron chi connectivity index (χ1n) is 8.27. The molecule has 0 saturated heterocycles. The molecule has 2 N–H and O–H groups in total. The van der Waals surface area contributed by atoms with Gasteiger partial charge in [0.15, 0.2) is 6.54 Å². The molecule has 4 nitrogen and oxygen atoms in total. The van der Waals surface area contributed by atoms with Gasteiger partial charge in [0.05, 0.1) is 18.2 Å². The van der Waals surface area contributed by atoms with Crippen molar-refractivity contribution in [3.05, 3.63) is 58.9 Å². The lowest BCUT2D eigenvalue weighted by molar-refractivity contribution is -0.916. The molecule has 1 atom stereocenters. The minimum atomic E-state index is -0.245. The van der Waals surface area contributed by atoms with Crippen LogP contribution in [0.15, 0.2) is 42.5 Å². The minimum Gasteiger partial charge on any atom is -0.495 e. The number of hydrogen-bond donors (Lipinski definition) is 2. The van der Waals surface area contributed by atoms with Crippen LogP contribution < -0.4 is 15.0 Å². The Labute approximate surface area is 151 Å². The van der Waals surface area contributed by atoms with E-state index in [1.807, 2.05) is 0 Å². The van der Waals surface area contributed by atoms with Crippen molar-refractivity contribution in [1.82, 2.24) is 0 Å². The van der Waals surface area contributed by atoms with E-state index in [4.69, 9.17) is 16.3 Å². The van der Waals surface area contributed by atoms with Crippen LogP contribution in [-0.4, -0.2) is 25.6 Å². The predicted molar refractivity (Wildman–Crippen MR) is 95.6 cm³/mol. The van der Waals surface area contributed by atoms with Crippen molar-refractivity contribution < 1.29 is 18.8 Å². The molecule has 0 heterocycles. The number of nitrogens with one attached hydrogen (secondary N) is 2. The van der Waals surface area contributed by atoms with E-state index in [9.17, 15) is 9.18 Å². The maximum atomic E-state index is 13.0. The van der Waals surface area contributed by atoms with Crippen LogP contribution in [-0.2, 0) is 11.3 Å². The molecule has 6 heteroatoms. The van der Waals surface area contributed by atoms with E-state index >= 15 is 0 Å². The largest absolute Gasteiger partial charge is 0.495 e. The molecule has 0 spiro atoms. The Morgan fingerprint density at radius 1 is 1.28 bits per heavy atom. The molecular formula is C19H21ClFN2O2+. The number of methoxy groups -OCH3 is 1. The number of benzene rings is 2. The molecule has 0 aromatic heterocycles. The fourth-order valence-electron chi connectivity index (χ4n) is 2.86. The Hall–Kier alpha value is -2.11. The summed E-state index contributed by atoms with van der Waals surface area (Å²) in [4.78, 5) is 13.6. The smallest absolute Gasteiger partial charge is 0.279 e. The number of ether oxygens (including phenoxy) is 1. The molecule has 0 bridgehead atoms. The van der Waals surface area contributed by atoms with Gasteiger partial charge in [0, 0.05) is 24.1 Å². The van der Waals surface area contributed by atoms with Gasteiger partial charge in [-0.1, -0.05) is 23.7 Å². The lowest BCUT2D eigenvalue weighted by Gasteiger charge is -2.19. The maximum Gasteiger partial charge on any atom is 0.279 e. The van der Waals surface area contributed by atoms with E-state index in [0.717, 1.165) is 18.4 Å². The molecule has 25 heavy (non-hydrogen) atoms. The SMILES string of the molecule is COc1ccc(NC(=O)C[NH+](Cc2ccc(F)cc2)C2CC2)cc1Cl. The summed E-state index contributed by atoms with van der Waals surface area (Å²) < 4.78 is 18.2. The molecule has 2 aromatic carbocycles. The number of amides is 1. The predicted octanol–water partition coefficient (Wildman–Crippen LogP) is 2.67. The van der Waals surface area contributed by atoms with Gasteiger partial charge in [-0.2, -0.15) is 0 Å². The Kier molecular flexibility index (Phi) is 5.56. The van der Waals surface area contributed by atoms with Gasteiger partial charge in [0.25, 0.3) is 5.91 Å². The number of carbonyl (C=O) groups is 1. The van der Waals surface area contributed by atoms with Gasteiger partial charge < -0.3 is 15.0 Å². The molecule has 3 rings (SSSR count). The molecule has 1 aliphatic rings. The van der Waals surface area contributed by atoms with Crippen molar-refractivity contribution in [2.45, 2.75) is 25.4 Å². The van der Waals surface area contributed by atoms with Crippen LogP contribution in [0.3, 0.4) is 0 Å². The molecule has 0 radical (unpaired) electrons. The fourth-order valence-corrected chi connectivity index (χ4v) is 3.12. The first-order chi connectivity index (χ1) is 12.0. The van der Waals surface area contributed by atoms with Crippen molar-refractivity contribution >= 4 is 23.2 Å². The standard InChI is InChI=1S/C19H20ClFN2O2/c1-25-18-9-6-15(10-17(18)20)22-19(24)12-23(16-7-8-16)11-13-2-4-14(21)5-3-13/h2-6,9-10,16H,7-8,11-12H2,1H3,(H,22,24)/p+1. The molecule has 1 saturated carbocycles. The number of quaternary nitrogens is 1. The highest BCUT2D eigenvalue weighted by Crippen LogP contribution is 2.27. The third kappa shape index (κ3) is 4.94. The molecule has 1 amide bonds. The molecule has 1 aliphatic carbocycles. The van der Waals surface area contributed by atoms with Gasteiger partial charge in [-0.15, -0.1) is 0 Å². The van der Waals surface area contributed by atoms with Gasteiger partial charge in [0.1, 0.15) is 18.1 Å².